The second kappa shape index (κ2) is 14.6. The van der Waals surface area contributed by atoms with E-state index in [0.717, 1.165) is 0 Å². The first kappa shape index (κ1) is 38.6. The highest BCUT2D eigenvalue weighted by atomic mass is 79.9. The number of nitrogens with one attached hydrogen (secondary N) is 2. The minimum absolute atomic E-state index is 0. The number of rotatable bonds is 13. The minimum atomic E-state index is -1.80. The maximum atomic E-state index is 14.1. The second-order valence-electron chi connectivity index (χ2n) is 13.2. The van der Waals surface area contributed by atoms with Crippen molar-refractivity contribution in [2.45, 2.75) is 97.3 Å². The molecule has 4 heterocycles. The fraction of sp³-hybridized carbons (Fsp3) is 0.581. The Labute approximate surface area is 301 Å². The van der Waals surface area contributed by atoms with Crippen molar-refractivity contribution in [1.29, 1.82) is 0 Å². The van der Waals surface area contributed by atoms with Gasteiger partial charge in [-0.25, -0.2) is 19.3 Å². The summed E-state index contributed by atoms with van der Waals surface area (Å²) in [6.45, 7) is 5.78. The lowest BCUT2D eigenvalue weighted by atomic mass is 9.84. The normalized spacial score (nSPS) is 29.2. The molecule has 15 nitrogen and oxygen atoms in total. The highest BCUT2D eigenvalue weighted by Crippen LogP contribution is 2.55. The summed E-state index contributed by atoms with van der Waals surface area (Å²) >= 11 is 2.71. The number of ether oxygens (including phenoxy) is 3. The largest absolute Gasteiger partial charge is 1.00 e. The molecule has 4 N–H and O–H groups in total. The third kappa shape index (κ3) is 7.34. The van der Waals surface area contributed by atoms with Crippen molar-refractivity contribution in [3.8, 4) is 0 Å². The van der Waals surface area contributed by atoms with Crippen LogP contribution >= 0.6 is 23.5 Å². The Morgan fingerprint density at radius 3 is 2.31 bits per heavy atom. The SMILES string of the molecule is CC1(C)S[C@H]2N(C(=O)[C@@]2(COC(=O)[C@@H]2[NH+]3C(=O)C[C@H]3SC2(C)C)NC(=O)C(N)c2ccccc2)[C@H]1C(=O)OCOC(=O)CCCC(=O)[O-].[Br-]. The number of carbonyl (C=O) groups excluding carboxylic acids is 7. The maximum absolute atomic E-state index is 14.1. The number of carboxylic acids is 1. The number of carbonyl (C=O) groups is 7. The first-order valence-electron chi connectivity index (χ1n) is 15.4. The fourth-order valence-electron chi connectivity index (χ4n) is 6.57. The molecule has 3 amide bonds. The Morgan fingerprint density at radius 2 is 1.67 bits per heavy atom. The number of fused-ring (bicyclic) bond motifs is 2. The molecule has 0 bridgehead atoms. The van der Waals surface area contributed by atoms with E-state index in [2.05, 4.69) is 5.32 Å². The molecule has 0 aliphatic carbocycles. The number of quaternary nitrogens is 1. The molecule has 2 unspecified atom stereocenters. The molecule has 1 aromatic carbocycles. The topological polar surface area (TPSA) is 216 Å². The Morgan fingerprint density at radius 1 is 1.00 bits per heavy atom. The summed E-state index contributed by atoms with van der Waals surface area (Å²) in [6, 6.07) is 5.33. The van der Waals surface area contributed by atoms with Gasteiger partial charge in [0.15, 0.2) is 10.9 Å². The number of thioether (sulfide) groups is 2. The standard InChI is InChI=1S/C31H38N4O11S2.BrH/c1-29(2)22(34-17(36)13-18(34)47-29)25(41)44-14-31(33-24(40)21(32)16-9-6-5-7-10-16)27(43)35-23(30(3,4)48-28(31)35)26(42)46-15-45-20(39)12-8-11-19(37)38;/h5-7,9-10,18,21-23,28H,8,11-15,32H2,1-4H3,(H,33,40)(H,37,38);1H/p-1/t18-,21?,22+,23+,28-,31-;/m1./s1. The van der Waals surface area contributed by atoms with E-state index in [0.29, 0.717) is 16.9 Å². The molecule has 7 atom stereocenters. The number of nitrogens with two attached hydrogens (primary N) is 1. The van der Waals surface area contributed by atoms with Gasteiger partial charge in [0.25, 0.3) is 5.91 Å². The van der Waals surface area contributed by atoms with Crippen LogP contribution in [0.1, 0.15) is 65.0 Å². The second-order valence-corrected chi connectivity index (χ2v) is 16.8. The zero-order valence-corrected chi connectivity index (χ0v) is 30.4. The Kier molecular flexibility index (Phi) is 11.5. The number of β-lactam (4-membered cyclic amide) rings is 2. The molecule has 4 fully saturated rings. The van der Waals surface area contributed by atoms with Crippen LogP contribution in [0.4, 0.5) is 0 Å². The molecule has 0 saturated carbocycles. The zero-order valence-electron chi connectivity index (χ0n) is 27.2. The zero-order chi connectivity index (χ0) is 35.2. The highest BCUT2D eigenvalue weighted by molar-refractivity contribution is 8.01. The number of benzene rings is 1. The van der Waals surface area contributed by atoms with Crippen LogP contribution in [0.5, 0.6) is 0 Å². The molecule has 5 rings (SSSR count). The lowest BCUT2D eigenvalue weighted by molar-refractivity contribution is -0.872. The summed E-state index contributed by atoms with van der Waals surface area (Å²) in [5.41, 5.74) is 4.95. The summed E-state index contributed by atoms with van der Waals surface area (Å²) < 4.78 is 14.3. The average molecular weight is 787 g/mol. The van der Waals surface area contributed by atoms with Gasteiger partial charge in [-0.05, 0) is 46.1 Å². The van der Waals surface area contributed by atoms with Crippen molar-refractivity contribution < 1.29 is 74.8 Å². The van der Waals surface area contributed by atoms with Crippen LogP contribution in [0.2, 0.25) is 0 Å². The monoisotopic (exact) mass is 785 g/mol. The van der Waals surface area contributed by atoms with Gasteiger partial charge in [0.1, 0.15) is 30.5 Å². The summed E-state index contributed by atoms with van der Waals surface area (Å²) in [4.78, 5) is 91.1. The molecule has 18 heteroatoms. The number of aliphatic carboxylic acids is 1. The first-order chi connectivity index (χ1) is 22.5. The van der Waals surface area contributed by atoms with Gasteiger partial charge in [-0.15, -0.1) is 11.8 Å². The number of carboxylic acid groups (broad SMARTS) is 1. The summed E-state index contributed by atoms with van der Waals surface area (Å²) in [5, 5.41) is 12.3. The van der Waals surface area contributed by atoms with Crippen LogP contribution in [0.25, 0.3) is 0 Å². The van der Waals surface area contributed by atoms with Crippen molar-refractivity contribution in [1.82, 2.24) is 10.2 Å². The lowest BCUT2D eigenvalue weighted by Gasteiger charge is -2.52. The van der Waals surface area contributed by atoms with E-state index in [-0.39, 0.29) is 47.5 Å². The van der Waals surface area contributed by atoms with E-state index < -0.39 is 87.6 Å². The Balaban J connectivity index is 0.00000541. The van der Waals surface area contributed by atoms with Crippen molar-refractivity contribution in [2.75, 3.05) is 13.4 Å². The van der Waals surface area contributed by atoms with Crippen LogP contribution in [0.3, 0.4) is 0 Å². The molecule has 268 valence electrons. The van der Waals surface area contributed by atoms with E-state index in [1.165, 1.54) is 28.4 Å². The van der Waals surface area contributed by atoms with E-state index >= 15 is 0 Å². The van der Waals surface area contributed by atoms with Gasteiger partial charge < -0.3 is 57.0 Å². The summed E-state index contributed by atoms with van der Waals surface area (Å²) in [6.07, 6.45) is -0.212. The van der Waals surface area contributed by atoms with Gasteiger partial charge in [-0.1, -0.05) is 42.1 Å². The van der Waals surface area contributed by atoms with E-state index in [1.807, 2.05) is 13.8 Å². The van der Waals surface area contributed by atoms with Gasteiger partial charge in [0.05, 0.1) is 4.75 Å². The molecule has 4 aliphatic heterocycles. The number of esters is 3. The summed E-state index contributed by atoms with van der Waals surface area (Å²) in [5.74, 6) is -5.17. The van der Waals surface area contributed by atoms with Gasteiger partial charge in [-0.3, -0.25) is 14.4 Å². The molecule has 0 spiro atoms. The van der Waals surface area contributed by atoms with Crippen molar-refractivity contribution in [2.24, 2.45) is 5.73 Å². The van der Waals surface area contributed by atoms with Crippen molar-refractivity contribution in [3.05, 3.63) is 35.9 Å². The maximum Gasteiger partial charge on any atom is 0.367 e. The minimum Gasteiger partial charge on any atom is -1.00 e. The molecular formula is C31H38BrN4O11S2-. The third-order valence-corrected chi connectivity index (χ3v) is 12.2. The number of hydrogen-bond acceptors (Lipinski definition) is 14. The number of nitrogens with zero attached hydrogens (tertiary/aromatic N) is 1. The van der Waals surface area contributed by atoms with Crippen molar-refractivity contribution in [3.63, 3.8) is 0 Å². The van der Waals surface area contributed by atoms with E-state index in [4.69, 9.17) is 19.9 Å². The van der Waals surface area contributed by atoms with Crippen LogP contribution in [-0.2, 0) is 47.8 Å². The average Bonchev–Trinajstić information content (AvgIpc) is 3.42. The number of hydrogen-bond donors (Lipinski definition) is 3. The number of amides is 3. The highest BCUT2D eigenvalue weighted by Gasteiger charge is 2.73. The van der Waals surface area contributed by atoms with Crippen LogP contribution in [0, 0.1) is 0 Å². The van der Waals surface area contributed by atoms with Gasteiger partial charge in [-0.2, -0.15) is 0 Å². The lowest BCUT2D eigenvalue weighted by Crippen LogP contribution is -3.26. The van der Waals surface area contributed by atoms with Crippen LogP contribution < -0.4 is 38.0 Å². The van der Waals surface area contributed by atoms with Gasteiger partial charge in [0.2, 0.25) is 18.7 Å². The molecule has 1 aromatic rings. The molecular weight excluding hydrogens is 748 g/mol. The van der Waals surface area contributed by atoms with E-state index in [1.54, 1.807) is 44.2 Å². The van der Waals surface area contributed by atoms with Crippen molar-refractivity contribution >= 4 is 65.1 Å². The quantitative estimate of drug-likeness (QED) is 0.0972. The molecule has 4 aliphatic rings. The predicted octanol–water partition coefficient (Wildman–Crippen LogP) is -4.85. The first-order valence-corrected chi connectivity index (χ1v) is 17.2. The van der Waals surface area contributed by atoms with E-state index in [9.17, 15) is 38.7 Å². The Bertz CT molecular complexity index is 1530. The fourth-order valence-corrected chi connectivity index (χ4v) is 9.96. The molecule has 0 aromatic heterocycles. The van der Waals surface area contributed by atoms with Crippen LogP contribution in [-0.4, -0.2) is 97.8 Å². The predicted molar refractivity (Wildman–Crippen MR) is 167 cm³/mol. The Hall–Kier alpha value is -3.19. The number of halogens is 1. The molecule has 49 heavy (non-hydrogen) atoms. The van der Waals surface area contributed by atoms with Gasteiger partial charge >= 0.3 is 23.8 Å². The third-order valence-electron chi connectivity index (χ3n) is 9.01. The van der Waals surface area contributed by atoms with Crippen LogP contribution in [0.15, 0.2) is 30.3 Å². The summed E-state index contributed by atoms with van der Waals surface area (Å²) in [7, 11) is 0. The molecule has 4 saturated heterocycles. The smallest absolute Gasteiger partial charge is 0.367 e. The molecule has 0 radical (unpaired) electrons. The van der Waals surface area contributed by atoms with Gasteiger partial charge in [0, 0.05) is 17.1 Å².